The summed E-state index contributed by atoms with van der Waals surface area (Å²) in [5.41, 5.74) is 2.33. The van der Waals surface area contributed by atoms with Crippen LogP contribution in [0.3, 0.4) is 0 Å². The Bertz CT molecular complexity index is 662. The molecular weight excluding hydrogens is 306 g/mol. The zero-order valence-corrected chi connectivity index (χ0v) is 12.9. The van der Waals surface area contributed by atoms with Crippen LogP contribution in [0.4, 0.5) is 0 Å². The molecule has 2 atom stereocenters. The summed E-state index contributed by atoms with van der Waals surface area (Å²) in [5, 5.41) is 18.8. The Morgan fingerprint density at radius 2 is 1.82 bits per heavy atom. The van der Waals surface area contributed by atoms with Gasteiger partial charge in [0.25, 0.3) is 0 Å². The molecule has 2 N–H and O–H groups in total. The zero-order chi connectivity index (χ0) is 15.9. The second-order valence-corrected chi connectivity index (χ2v) is 8.10. The number of aliphatic hydroxyl groups excluding tert-OH is 1. The van der Waals surface area contributed by atoms with Gasteiger partial charge in [0.1, 0.15) is 6.04 Å². The summed E-state index contributed by atoms with van der Waals surface area (Å²) in [6.45, 7) is -0.126. The van der Waals surface area contributed by atoms with Crippen LogP contribution in [0.1, 0.15) is 17.5 Å². The third-order valence-electron chi connectivity index (χ3n) is 4.46. The predicted molar refractivity (Wildman–Crippen MR) is 79.9 cm³/mol. The average Bonchev–Trinajstić information content (AvgIpc) is 3.01. The number of sulfonamides is 1. The topological polar surface area (TPSA) is 94.9 Å². The fraction of sp³-hybridized carbons (Fsp3) is 0.533. The Morgan fingerprint density at radius 1 is 1.23 bits per heavy atom. The van der Waals surface area contributed by atoms with E-state index in [9.17, 15) is 18.3 Å². The van der Waals surface area contributed by atoms with Crippen LogP contribution in [0.5, 0.6) is 0 Å². The molecule has 0 amide bonds. The summed E-state index contributed by atoms with van der Waals surface area (Å²) in [4.78, 5) is 11.2. The normalized spacial score (nSPS) is 26.2. The van der Waals surface area contributed by atoms with Crippen LogP contribution < -0.4 is 0 Å². The second-order valence-electron chi connectivity index (χ2n) is 6.13. The van der Waals surface area contributed by atoms with Crippen LogP contribution in [-0.2, 0) is 27.7 Å². The van der Waals surface area contributed by atoms with E-state index in [2.05, 4.69) is 0 Å². The van der Waals surface area contributed by atoms with E-state index >= 15 is 0 Å². The summed E-state index contributed by atoms with van der Waals surface area (Å²) in [6.07, 6.45) is 0.448. The number of nitrogens with zero attached hydrogens (tertiary/aromatic N) is 1. The van der Waals surface area contributed by atoms with Crippen molar-refractivity contribution in [2.45, 2.75) is 31.4 Å². The molecule has 1 aliphatic carbocycles. The molecule has 3 rings (SSSR count). The average molecular weight is 325 g/mol. The first-order valence-electron chi connectivity index (χ1n) is 7.34. The third kappa shape index (κ3) is 2.88. The van der Waals surface area contributed by atoms with Gasteiger partial charge in [-0.05, 0) is 29.9 Å². The number of benzene rings is 1. The van der Waals surface area contributed by atoms with E-state index < -0.39 is 28.1 Å². The molecule has 0 saturated carbocycles. The first-order chi connectivity index (χ1) is 10.4. The molecule has 1 fully saturated rings. The van der Waals surface area contributed by atoms with Crippen molar-refractivity contribution >= 4 is 16.0 Å². The predicted octanol–water partition coefficient (Wildman–Crippen LogP) is 0.251. The number of carboxylic acids is 1. The number of aliphatic hydroxyl groups is 1. The zero-order valence-electron chi connectivity index (χ0n) is 12.1. The van der Waals surface area contributed by atoms with Crippen LogP contribution >= 0.6 is 0 Å². The lowest BCUT2D eigenvalue weighted by atomic mass is 10.1. The minimum atomic E-state index is -3.70. The maximum atomic E-state index is 12.6. The number of aliphatic carboxylic acids is 1. The number of fused-ring (bicyclic) bond motifs is 1. The van der Waals surface area contributed by atoms with E-state index in [0.29, 0.717) is 12.8 Å². The maximum Gasteiger partial charge on any atom is 0.322 e. The summed E-state index contributed by atoms with van der Waals surface area (Å²) in [5.74, 6) is -1.30. The van der Waals surface area contributed by atoms with Gasteiger partial charge in [0.15, 0.2) is 0 Å². The molecule has 0 aromatic heterocycles. The minimum absolute atomic E-state index is 0.0328. The van der Waals surface area contributed by atoms with Gasteiger partial charge in [0.2, 0.25) is 10.0 Å². The molecule has 1 saturated heterocycles. The van der Waals surface area contributed by atoms with Crippen molar-refractivity contribution in [2.75, 3.05) is 12.3 Å². The van der Waals surface area contributed by atoms with E-state index in [1.54, 1.807) is 0 Å². The van der Waals surface area contributed by atoms with Crippen molar-refractivity contribution in [1.82, 2.24) is 4.31 Å². The summed E-state index contributed by atoms with van der Waals surface area (Å²) in [6, 6.07) is 6.73. The first-order valence-corrected chi connectivity index (χ1v) is 8.95. The van der Waals surface area contributed by atoms with E-state index in [-0.39, 0.29) is 24.6 Å². The van der Waals surface area contributed by atoms with Gasteiger partial charge >= 0.3 is 5.97 Å². The van der Waals surface area contributed by atoms with Gasteiger partial charge in [-0.1, -0.05) is 24.3 Å². The molecule has 120 valence electrons. The largest absolute Gasteiger partial charge is 0.480 e. The Morgan fingerprint density at radius 3 is 2.36 bits per heavy atom. The molecule has 1 aromatic rings. The van der Waals surface area contributed by atoms with E-state index in [1.165, 1.54) is 11.1 Å². The molecule has 1 aliphatic heterocycles. The van der Waals surface area contributed by atoms with Gasteiger partial charge in [-0.25, -0.2) is 8.42 Å². The molecule has 1 aromatic carbocycles. The number of rotatable bonds is 4. The highest BCUT2D eigenvalue weighted by Gasteiger charge is 2.43. The molecule has 2 aliphatic rings. The number of hydrogen-bond donors (Lipinski definition) is 2. The number of hydrogen-bond acceptors (Lipinski definition) is 4. The van der Waals surface area contributed by atoms with Crippen molar-refractivity contribution in [3.05, 3.63) is 35.4 Å². The Kier molecular flexibility index (Phi) is 3.96. The second kappa shape index (κ2) is 5.64. The standard InChI is InChI=1S/C15H19NO5S/c17-13-7-14(15(18)19)16(8-13)22(20,21)9-10-5-11-3-1-2-4-12(11)6-10/h1-4,10,13-14,17H,5-9H2,(H,18,19)/t13-,14-/m0/s1. The third-order valence-corrected chi connectivity index (χ3v) is 6.47. The number of β-amino-alcohol motifs (C(OH)–C–C–N with tert-alkyl or cyclic N) is 1. The molecule has 1 heterocycles. The van der Waals surface area contributed by atoms with Crippen LogP contribution in [-0.4, -0.2) is 53.3 Å². The smallest absolute Gasteiger partial charge is 0.322 e. The highest BCUT2D eigenvalue weighted by atomic mass is 32.2. The van der Waals surface area contributed by atoms with E-state index in [0.717, 1.165) is 4.31 Å². The monoisotopic (exact) mass is 325 g/mol. The quantitative estimate of drug-likeness (QED) is 0.827. The first kappa shape index (κ1) is 15.5. The Balaban J connectivity index is 1.73. The Labute approximate surface area is 129 Å². The number of carboxylic acid groups (broad SMARTS) is 1. The molecule has 6 nitrogen and oxygen atoms in total. The molecule has 22 heavy (non-hydrogen) atoms. The fourth-order valence-electron chi connectivity index (χ4n) is 3.48. The number of carbonyl (C=O) groups is 1. The van der Waals surface area contributed by atoms with Gasteiger partial charge in [-0.15, -0.1) is 0 Å². The highest BCUT2D eigenvalue weighted by molar-refractivity contribution is 7.89. The SMILES string of the molecule is O=C(O)[C@@H]1C[C@H](O)CN1S(=O)(=O)CC1Cc2ccccc2C1. The van der Waals surface area contributed by atoms with Crippen molar-refractivity contribution in [3.63, 3.8) is 0 Å². The van der Waals surface area contributed by atoms with E-state index in [4.69, 9.17) is 5.11 Å². The van der Waals surface area contributed by atoms with Gasteiger partial charge in [0.05, 0.1) is 11.9 Å². The summed E-state index contributed by atoms with van der Waals surface area (Å²) < 4.78 is 26.1. The van der Waals surface area contributed by atoms with Crippen molar-refractivity contribution in [3.8, 4) is 0 Å². The lowest BCUT2D eigenvalue weighted by molar-refractivity contribution is -0.140. The van der Waals surface area contributed by atoms with Crippen molar-refractivity contribution in [2.24, 2.45) is 5.92 Å². The van der Waals surface area contributed by atoms with Gasteiger partial charge < -0.3 is 10.2 Å². The van der Waals surface area contributed by atoms with Crippen LogP contribution in [0.15, 0.2) is 24.3 Å². The lowest BCUT2D eigenvalue weighted by Gasteiger charge is -2.22. The van der Waals surface area contributed by atoms with Crippen molar-refractivity contribution < 1.29 is 23.4 Å². The molecule has 0 unspecified atom stereocenters. The molecule has 0 radical (unpaired) electrons. The summed E-state index contributed by atoms with van der Waals surface area (Å²) >= 11 is 0. The fourth-order valence-corrected chi connectivity index (χ4v) is 5.46. The van der Waals surface area contributed by atoms with Gasteiger partial charge in [-0.3, -0.25) is 4.79 Å². The van der Waals surface area contributed by atoms with Gasteiger partial charge in [0, 0.05) is 13.0 Å². The van der Waals surface area contributed by atoms with Crippen molar-refractivity contribution in [1.29, 1.82) is 0 Å². The Hall–Kier alpha value is -1.44. The van der Waals surface area contributed by atoms with Crippen LogP contribution in [0, 0.1) is 5.92 Å². The summed E-state index contributed by atoms with van der Waals surface area (Å²) in [7, 11) is -3.70. The lowest BCUT2D eigenvalue weighted by Crippen LogP contribution is -2.43. The minimum Gasteiger partial charge on any atom is -0.480 e. The maximum absolute atomic E-state index is 12.6. The van der Waals surface area contributed by atoms with Crippen LogP contribution in [0.2, 0.25) is 0 Å². The van der Waals surface area contributed by atoms with Crippen LogP contribution in [0.25, 0.3) is 0 Å². The molecular formula is C15H19NO5S. The van der Waals surface area contributed by atoms with Gasteiger partial charge in [-0.2, -0.15) is 4.31 Å². The molecule has 0 spiro atoms. The van der Waals surface area contributed by atoms with E-state index in [1.807, 2.05) is 24.3 Å². The highest BCUT2D eigenvalue weighted by Crippen LogP contribution is 2.30. The molecule has 0 bridgehead atoms. The molecule has 7 heteroatoms.